The van der Waals surface area contributed by atoms with Crippen molar-refractivity contribution in [3.05, 3.63) is 0 Å². The largest absolute Gasteiger partial charge is 0.481 e. The highest BCUT2D eigenvalue weighted by atomic mass is 16.5. The van der Waals surface area contributed by atoms with Crippen molar-refractivity contribution in [1.29, 1.82) is 0 Å². The molecule has 0 saturated heterocycles. The van der Waals surface area contributed by atoms with Crippen LogP contribution in [0.5, 0.6) is 0 Å². The number of carboxylic acids is 1. The van der Waals surface area contributed by atoms with E-state index in [4.69, 9.17) is 9.84 Å². The van der Waals surface area contributed by atoms with E-state index in [1.54, 1.807) is 12.0 Å². The van der Waals surface area contributed by atoms with Gasteiger partial charge < -0.3 is 20.1 Å². The molecule has 0 bridgehead atoms. The molecule has 1 rings (SSSR count). The first kappa shape index (κ1) is 15.8. The fourth-order valence-electron chi connectivity index (χ4n) is 1.87. The van der Waals surface area contributed by atoms with E-state index in [1.165, 1.54) is 0 Å². The van der Waals surface area contributed by atoms with Crippen LogP contribution < -0.4 is 5.32 Å². The number of rotatable bonds is 8. The average molecular weight is 272 g/mol. The Morgan fingerprint density at radius 3 is 2.53 bits per heavy atom. The third-order valence-electron chi connectivity index (χ3n) is 3.19. The number of urea groups is 1. The Morgan fingerprint density at radius 1 is 1.42 bits per heavy atom. The Balaban J connectivity index is 2.47. The van der Waals surface area contributed by atoms with Crippen LogP contribution in [0.4, 0.5) is 4.79 Å². The number of nitrogens with zero attached hydrogens (tertiary/aromatic N) is 1. The number of carboxylic acid groups (broad SMARTS) is 1. The quantitative estimate of drug-likeness (QED) is 0.701. The molecule has 1 aliphatic carbocycles. The van der Waals surface area contributed by atoms with Crippen LogP contribution in [0.25, 0.3) is 0 Å². The molecule has 0 aromatic heterocycles. The molecule has 19 heavy (non-hydrogen) atoms. The van der Waals surface area contributed by atoms with E-state index in [9.17, 15) is 9.59 Å². The summed E-state index contributed by atoms with van der Waals surface area (Å²) in [6.45, 7) is 4.77. The standard InChI is InChI=1S/C13H24N2O4/c1-13(2,7-6-11(16)17)14-12(18)15(8-9-19-3)10-4-5-10/h10H,4-9H2,1-3H3,(H,14,18)(H,16,17). The minimum atomic E-state index is -0.847. The van der Waals surface area contributed by atoms with Crippen molar-refractivity contribution in [2.75, 3.05) is 20.3 Å². The number of carbonyl (C=O) groups excluding carboxylic acids is 1. The second-order valence-electron chi connectivity index (χ2n) is 5.63. The molecule has 0 radical (unpaired) electrons. The van der Waals surface area contributed by atoms with Crippen molar-refractivity contribution in [2.45, 2.75) is 51.1 Å². The predicted octanol–water partition coefficient (Wildman–Crippen LogP) is 1.45. The maximum absolute atomic E-state index is 12.2. The van der Waals surface area contributed by atoms with Gasteiger partial charge in [-0.15, -0.1) is 0 Å². The molecule has 0 spiro atoms. The van der Waals surface area contributed by atoms with Gasteiger partial charge in [-0.2, -0.15) is 0 Å². The minimum absolute atomic E-state index is 0.0504. The molecule has 2 N–H and O–H groups in total. The van der Waals surface area contributed by atoms with Crippen LogP contribution in [-0.2, 0) is 9.53 Å². The number of ether oxygens (including phenoxy) is 1. The number of aliphatic carboxylic acids is 1. The van der Waals surface area contributed by atoms with Crippen molar-refractivity contribution >= 4 is 12.0 Å². The van der Waals surface area contributed by atoms with Gasteiger partial charge in [-0.25, -0.2) is 4.79 Å². The zero-order valence-electron chi connectivity index (χ0n) is 11.9. The van der Waals surface area contributed by atoms with Gasteiger partial charge in [-0.3, -0.25) is 4.79 Å². The molecule has 1 fully saturated rings. The lowest BCUT2D eigenvalue weighted by molar-refractivity contribution is -0.137. The van der Waals surface area contributed by atoms with Crippen LogP contribution in [0, 0.1) is 0 Å². The molecule has 0 unspecified atom stereocenters. The van der Waals surface area contributed by atoms with E-state index in [-0.39, 0.29) is 12.5 Å². The van der Waals surface area contributed by atoms with Crippen molar-refractivity contribution in [3.63, 3.8) is 0 Å². The van der Waals surface area contributed by atoms with Crippen LogP contribution in [0.1, 0.15) is 39.5 Å². The lowest BCUT2D eigenvalue weighted by Gasteiger charge is -2.30. The molecule has 2 amide bonds. The predicted molar refractivity (Wildman–Crippen MR) is 71.1 cm³/mol. The molecule has 0 aromatic carbocycles. The van der Waals surface area contributed by atoms with Gasteiger partial charge in [0, 0.05) is 31.7 Å². The third-order valence-corrected chi connectivity index (χ3v) is 3.19. The van der Waals surface area contributed by atoms with Crippen molar-refractivity contribution < 1.29 is 19.4 Å². The second kappa shape index (κ2) is 6.75. The van der Waals surface area contributed by atoms with Gasteiger partial charge in [0.2, 0.25) is 0 Å². The zero-order chi connectivity index (χ0) is 14.5. The lowest BCUT2D eigenvalue weighted by Crippen LogP contribution is -2.51. The van der Waals surface area contributed by atoms with Crippen LogP contribution in [-0.4, -0.2) is 53.8 Å². The van der Waals surface area contributed by atoms with Crippen LogP contribution >= 0.6 is 0 Å². The van der Waals surface area contributed by atoms with Crippen molar-refractivity contribution in [1.82, 2.24) is 10.2 Å². The summed E-state index contributed by atoms with van der Waals surface area (Å²) in [5.41, 5.74) is -0.518. The Bertz CT molecular complexity index is 327. The molecular weight excluding hydrogens is 248 g/mol. The number of nitrogens with one attached hydrogen (secondary N) is 1. The second-order valence-corrected chi connectivity index (χ2v) is 5.63. The Kier molecular flexibility index (Phi) is 5.60. The normalized spacial score (nSPS) is 15.1. The highest BCUT2D eigenvalue weighted by Crippen LogP contribution is 2.27. The highest BCUT2D eigenvalue weighted by molar-refractivity contribution is 5.76. The molecule has 110 valence electrons. The fourth-order valence-corrected chi connectivity index (χ4v) is 1.87. The third kappa shape index (κ3) is 5.92. The van der Waals surface area contributed by atoms with Gasteiger partial charge >= 0.3 is 12.0 Å². The van der Waals surface area contributed by atoms with Gasteiger partial charge in [0.25, 0.3) is 0 Å². The van der Waals surface area contributed by atoms with Crippen molar-refractivity contribution in [2.24, 2.45) is 0 Å². The molecule has 1 aliphatic rings. The summed E-state index contributed by atoms with van der Waals surface area (Å²) >= 11 is 0. The molecular formula is C13H24N2O4. The monoisotopic (exact) mass is 272 g/mol. The summed E-state index contributed by atoms with van der Waals surface area (Å²) in [5.74, 6) is -0.847. The van der Waals surface area contributed by atoms with Gasteiger partial charge in [0.05, 0.1) is 6.61 Å². The van der Waals surface area contributed by atoms with Crippen LogP contribution in [0.2, 0.25) is 0 Å². The topological polar surface area (TPSA) is 78.9 Å². The van der Waals surface area contributed by atoms with E-state index in [0.717, 1.165) is 12.8 Å². The Labute approximate surface area is 114 Å². The summed E-state index contributed by atoms with van der Waals surface area (Å²) in [5, 5.41) is 11.6. The summed E-state index contributed by atoms with van der Waals surface area (Å²) in [4.78, 5) is 24.6. The zero-order valence-corrected chi connectivity index (χ0v) is 11.9. The fraction of sp³-hybridized carbons (Fsp3) is 0.846. The summed E-state index contributed by atoms with van der Waals surface area (Å²) in [6.07, 6.45) is 2.53. The molecule has 0 atom stereocenters. The van der Waals surface area contributed by atoms with E-state index in [1.807, 2.05) is 13.8 Å². The lowest BCUT2D eigenvalue weighted by atomic mass is 9.99. The molecule has 1 saturated carbocycles. The van der Waals surface area contributed by atoms with Crippen LogP contribution in [0.3, 0.4) is 0 Å². The first-order valence-corrected chi connectivity index (χ1v) is 6.65. The summed E-state index contributed by atoms with van der Waals surface area (Å²) in [7, 11) is 1.61. The van der Waals surface area contributed by atoms with E-state index in [2.05, 4.69) is 5.32 Å². The smallest absolute Gasteiger partial charge is 0.318 e. The van der Waals surface area contributed by atoms with E-state index >= 15 is 0 Å². The highest BCUT2D eigenvalue weighted by Gasteiger charge is 2.34. The summed E-state index contributed by atoms with van der Waals surface area (Å²) in [6, 6.07) is 0.181. The number of methoxy groups -OCH3 is 1. The van der Waals surface area contributed by atoms with Gasteiger partial charge in [-0.05, 0) is 33.1 Å². The average Bonchev–Trinajstić information content (AvgIpc) is 3.11. The number of hydrogen-bond donors (Lipinski definition) is 2. The molecule has 0 heterocycles. The molecule has 6 heteroatoms. The maximum atomic E-state index is 12.2. The maximum Gasteiger partial charge on any atom is 0.318 e. The van der Waals surface area contributed by atoms with Gasteiger partial charge in [0.1, 0.15) is 0 Å². The Hall–Kier alpha value is -1.30. The van der Waals surface area contributed by atoms with E-state index in [0.29, 0.717) is 25.6 Å². The first-order chi connectivity index (χ1) is 8.85. The number of amides is 2. The molecule has 6 nitrogen and oxygen atoms in total. The molecule has 0 aliphatic heterocycles. The van der Waals surface area contributed by atoms with E-state index < -0.39 is 11.5 Å². The first-order valence-electron chi connectivity index (χ1n) is 6.65. The van der Waals surface area contributed by atoms with Crippen LogP contribution in [0.15, 0.2) is 0 Å². The molecule has 0 aromatic rings. The SMILES string of the molecule is COCCN(C(=O)NC(C)(C)CCC(=O)O)C1CC1. The van der Waals surface area contributed by atoms with Crippen molar-refractivity contribution in [3.8, 4) is 0 Å². The Morgan fingerprint density at radius 2 is 2.05 bits per heavy atom. The van der Waals surface area contributed by atoms with Gasteiger partial charge in [-0.1, -0.05) is 0 Å². The number of carbonyl (C=O) groups is 2. The minimum Gasteiger partial charge on any atom is -0.481 e. The summed E-state index contributed by atoms with van der Waals surface area (Å²) < 4.78 is 5.01. The van der Waals surface area contributed by atoms with Gasteiger partial charge in [0.15, 0.2) is 0 Å². The number of hydrogen-bond acceptors (Lipinski definition) is 3.